The third-order valence-electron chi connectivity index (χ3n) is 2.82. The Morgan fingerprint density at radius 1 is 1.29 bits per heavy atom. The van der Waals surface area contributed by atoms with E-state index in [1.807, 2.05) is 0 Å². The summed E-state index contributed by atoms with van der Waals surface area (Å²) in [4.78, 5) is 22.8. The lowest BCUT2D eigenvalue weighted by Crippen LogP contribution is -2.22. The lowest BCUT2D eigenvalue weighted by Gasteiger charge is -2.10. The van der Waals surface area contributed by atoms with E-state index in [0.717, 1.165) is 18.2 Å². The van der Waals surface area contributed by atoms with Crippen LogP contribution in [0.4, 0.5) is 4.39 Å². The minimum atomic E-state index is -3.98. The number of amides is 1. The summed E-state index contributed by atoms with van der Waals surface area (Å²) >= 11 is 0. The Hall–Kier alpha value is -1.96. The van der Waals surface area contributed by atoms with Crippen molar-refractivity contribution in [2.24, 2.45) is 0 Å². The number of carbonyl (C=O) groups excluding carboxylic acids is 1. The van der Waals surface area contributed by atoms with Crippen LogP contribution in [0.25, 0.3) is 0 Å². The Labute approximate surface area is 122 Å². The standard InChI is InChI=1S/C13H16FNO5S/c1-15(2)12(16)4-3-7-21(19,20)11-8-9(13(17)18)5-6-10(11)14/h5-6,8H,3-4,7H2,1-2H3,(H,17,18). The van der Waals surface area contributed by atoms with Crippen molar-refractivity contribution in [1.29, 1.82) is 0 Å². The minimum absolute atomic E-state index is 0.0203. The fourth-order valence-corrected chi connectivity index (χ4v) is 3.04. The van der Waals surface area contributed by atoms with E-state index < -0.39 is 32.3 Å². The summed E-state index contributed by atoms with van der Waals surface area (Å²) < 4.78 is 37.6. The van der Waals surface area contributed by atoms with Crippen LogP contribution in [0.5, 0.6) is 0 Å². The summed E-state index contributed by atoms with van der Waals surface area (Å²) in [6.45, 7) is 0. The van der Waals surface area contributed by atoms with Crippen molar-refractivity contribution in [3.63, 3.8) is 0 Å². The number of rotatable bonds is 6. The molecule has 0 saturated carbocycles. The normalized spacial score (nSPS) is 11.2. The van der Waals surface area contributed by atoms with Crippen LogP contribution in [0.1, 0.15) is 23.2 Å². The zero-order valence-electron chi connectivity index (χ0n) is 11.7. The van der Waals surface area contributed by atoms with Gasteiger partial charge in [-0.05, 0) is 24.6 Å². The molecule has 0 atom stereocenters. The first-order valence-electron chi connectivity index (χ1n) is 6.11. The van der Waals surface area contributed by atoms with Gasteiger partial charge in [-0.15, -0.1) is 0 Å². The molecule has 0 aliphatic carbocycles. The average Bonchev–Trinajstić information content (AvgIpc) is 2.38. The quantitative estimate of drug-likeness (QED) is 0.850. The Bertz CT molecular complexity index is 655. The lowest BCUT2D eigenvalue weighted by molar-refractivity contribution is -0.128. The van der Waals surface area contributed by atoms with Gasteiger partial charge in [-0.1, -0.05) is 0 Å². The fraction of sp³-hybridized carbons (Fsp3) is 0.385. The van der Waals surface area contributed by atoms with E-state index in [2.05, 4.69) is 0 Å². The molecule has 6 nitrogen and oxygen atoms in total. The molecule has 0 bridgehead atoms. The second-order valence-electron chi connectivity index (χ2n) is 4.66. The minimum Gasteiger partial charge on any atom is -0.478 e. The van der Waals surface area contributed by atoms with Gasteiger partial charge in [0.15, 0.2) is 9.84 Å². The number of carboxylic acid groups (broad SMARTS) is 1. The summed E-state index contributed by atoms with van der Waals surface area (Å²) in [6, 6.07) is 2.59. The van der Waals surface area contributed by atoms with Crippen molar-refractivity contribution in [1.82, 2.24) is 4.90 Å². The maximum absolute atomic E-state index is 13.6. The van der Waals surface area contributed by atoms with Gasteiger partial charge in [-0.2, -0.15) is 0 Å². The number of sulfone groups is 1. The summed E-state index contributed by atoms with van der Waals surface area (Å²) in [6.07, 6.45) is 0.0581. The van der Waals surface area contributed by atoms with Crippen LogP contribution in [0.3, 0.4) is 0 Å². The van der Waals surface area contributed by atoms with E-state index in [-0.39, 0.29) is 24.3 Å². The average molecular weight is 317 g/mol. The van der Waals surface area contributed by atoms with Gasteiger partial charge in [0.2, 0.25) is 5.91 Å². The van der Waals surface area contributed by atoms with Gasteiger partial charge >= 0.3 is 5.97 Å². The van der Waals surface area contributed by atoms with Gasteiger partial charge in [0.05, 0.1) is 11.3 Å². The molecular formula is C13H16FNO5S. The molecule has 1 aromatic carbocycles. The zero-order chi connectivity index (χ0) is 16.2. The number of carbonyl (C=O) groups is 2. The molecule has 0 heterocycles. The maximum atomic E-state index is 13.6. The number of aromatic carboxylic acids is 1. The summed E-state index contributed by atoms with van der Waals surface area (Å²) in [5.74, 6) is -3.00. The smallest absolute Gasteiger partial charge is 0.335 e. The van der Waals surface area contributed by atoms with Gasteiger partial charge in [-0.3, -0.25) is 4.79 Å². The highest BCUT2D eigenvalue weighted by molar-refractivity contribution is 7.91. The van der Waals surface area contributed by atoms with Gasteiger partial charge in [0.1, 0.15) is 10.7 Å². The van der Waals surface area contributed by atoms with Gasteiger partial charge in [-0.25, -0.2) is 17.6 Å². The number of benzene rings is 1. The third-order valence-corrected chi connectivity index (χ3v) is 4.62. The van der Waals surface area contributed by atoms with Crippen molar-refractivity contribution in [2.75, 3.05) is 19.8 Å². The summed E-state index contributed by atoms with van der Waals surface area (Å²) in [5, 5.41) is 8.81. The molecule has 1 rings (SSSR count). The third kappa shape index (κ3) is 4.52. The second-order valence-corrected chi connectivity index (χ2v) is 6.74. The number of carboxylic acids is 1. The van der Waals surface area contributed by atoms with Gasteiger partial charge in [0, 0.05) is 20.5 Å². The largest absolute Gasteiger partial charge is 0.478 e. The Balaban J connectivity index is 2.90. The molecule has 116 valence electrons. The molecule has 1 aromatic rings. The molecule has 0 aromatic heterocycles. The highest BCUT2D eigenvalue weighted by Gasteiger charge is 2.21. The molecular weight excluding hydrogens is 301 g/mol. The first-order valence-corrected chi connectivity index (χ1v) is 7.76. The Morgan fingerprint density at radius 2 is 1.90 bits per heavy atom. The van der Waals surface area contributed by atoms with E-state index in [1.165, 1.54) is 4.90 Å². The van der Waals surface area contributed by atoms with E-state index in [1.54, 1.807) is 14.1 Å². The van der Waals surface area contributed by atoms with E-state index in [4.69, 9.17) is 5.11 Å². The summed E-state index contributed by atoms with van der Waals surface area (Å²) in [7, 11) is -0.881. The van der Waals surface area contributed by atoms with Crippen LogP contribution in [0.15, 0.2) is 23.1 Å². The molecule has 0 fully saturated rings. The number of nitrogens with zero attached hydrogens (tertiary/aromatic N) is 1. The van der Waals surface area contributed by atoms with Crippen LogP contribution < -0.4 is 0 Å². The molecule has 0 radical (unpaired) electrons. The molecule has 0 unspecified atom stereocenters. The Kier molecular flexibility index (Phi) is 5.42. The van der Waals surface area contributed by atoms with E-state index in [0.29, 0.717) is 0 Å². The van der Waals surface area contributed by atoms with Crippen molar-refractivity contribution in [3.05, 3.63) is 29.6 Å². The summed E-state index contributed by atoms with van der Waals surface area (Å²) in [5.41, 5.74) is -0.306. The first-order chi connectivity index (χ1) is 9.65. The first kappa shape index (κ1) is 17.1. The molecule has 8 heteroatoms. The zero-order valence-corrected chi connectivity index (χ0v) is 12.5. The van der Waals surface area contributed by atoms with Crippen LogP contribution in [0, 0.1) is 5.82 Å². The maximum Gasteiger partial charge on any atom is 0.335 e. The monoisotopic (exact) mass is 317 g/mol. The van der Waals surface area contributed by atoms with E-state index >= 15 is 0 Å². The molecule has 0 saturated heterocycles. The molecule has 1 amide bonds. The lowest BCUT2D eigenvalue weighted by atomic mass is 10.2. The highest BCUT2D eigenvalue weighted by atomic mass is 32.2. The fourth-order valence-electron chi connectivity index (χ4n) is 1.62. The van der Waals surface area contributed by atoms with Crippen molar-refractivity contribution in [2.45, 2.75) is 17.7 Å². The predicted molar refractivity (Wildman–Crippen MR) is 73.3 cm³/mol. The number of hydrogen-bond donors (Lipinski definition) is 1. The van der Waals surface area contributed by atoms with Crippen molar-refractivity contribution < 1.29 is 27.5 Å². The van der Waals surface area contributed by atoms with E-state index in [9.17, 15) is 22.4 Å². The molecule has 0 spiro atoms. The number of halogens is 1. The second kappa shape index (κ2) is 6.66. The van der Waals surface area contributed by atoms with Crippen LogP contribution in [-0.4, -0.2) is 50.1 Å². The van der Waals surface area contributed by atoms with Crippen LogP contribution in [0.2, 0.25) is 0 Å². The van der Waals surface area contributed by atoms with Crippen molar-refractivity contribution >= 4 is 21.7 Å². The van der Waals surface area contributed by atoms with Crippen LogP contribution >= 0.6 is 0 Å². The molecule has 0 aliphatic heterocycles. The molecule has 21 heavy (non-hydrogen) atoms. The van der Waals surface area contributed by atoms with Crippen molar-refractivity contribution in [3.8, 4) is 0 Å². The SMILES string of the molecule is CN(C)C(=O)CCCS(=O)(=O)c1cc(C(=O)O)ccc1F. The Morgan fingerprint density at radius 3 is 2.43 bits per heavy atom. The molecule has 0 aliphatic rings. The van der Waals surface area contributed by atoms with Gasteiger partial charge < -0.3 is 10.0 Å². The van der Waals surface area contributed by atoms with Gasteiger partial charge in [0.25, 0.3) is 0 Å². The topological polar surface area (TPSA) is 91.8 Å². The molecule has 1 N–H and O–H groups in total. The number of hydrogen-bond acceptors (Lipinski definition) is 4. The highest BCUT2D eigenvalue weighted by Crippen LogP contribution is 2.19. The predicted octanol–water partition coefficient (Wildman–Crippen LogP) is 1.17. The van der Waals surface area contributed by atoms with Crippen LogP contribution in [-0.2, 0) is 14.6 Å².